The van der Waals surface area contributed by atoms with Gasteiger partial charge in [-0.25, -0.2) is 13.2 Å². The molecular formula is C23H22N4O7S. The summed E-state index contributed by atoms with van der Waals surface area (Å²) in [5.74, 6) is 1.05. The van der Waals surface area contributed by atoms with E-state index in [9.17, 15) is 23.3 Å². The highest BCUT2D eigenvalue weighted by Gasteiger charge is 2.31. The van der Waals surface area contributed by atoms with E-state index in [1.807, 2.05) is 24.3 Å². The van der Waals surface area contributed by atoms with Crippen molar-refractivity contribution < 1.29 is 27.6 Å². The zero-order valence-corrected chi connectivity index (χ0v) is 19.3. The summed E-state index contributed by atoms with van der Waals surface area (Å²) in [7, 11) is -3.06. The zero-order chi connectivity index (χ0) is 24.6. The molecule has 35 heavy (non-hydrogen) atoms. The number of fused-ring (bicyclic) bond motifs is 1. The highest BCUT2D eigenvalue weighted by molar-refractivity contribution is 7.90. The molecule has 2 atom stereocenters. The molecule has 0 spiro atoms. The molecule has 0 unspecified atom stereocenters. The number of ether oxygens (including phenoxy) is 2. The van der Waals surface area contributed by atoms with Crippen LogP contribution < -0.4 is 10.1 Å². The Balaban J connectivity index is 1.14. The quantitative estimate of drug-likeness (QED) is 0.219. The van der Waals surface area contributed by atoms with Crippen molar-refractivity contribution in [3.8, 4) is 5.75 Å². The predicted octanol–water partition coefficient (Wildman–Crippen LogP) is 4.34. The van der Waals surface area contributed by atoms with Crippen LogP contribution in [0.15, 0.2) is 48.5 Å². The molecule has 2 aromatic carbocycles. The van der Waals surface area contributed by atoms with Crippen LogP contribution in [0.5, 0.6) is 5.75 Å². The summed E-state index contributed by atoms with van der Waals surface area (Å²) in [5, 5.41) is 21.2. The first kappa shape index (κ1) is 22.8. The number of nitrogens with one attached hydrogen (secondary N) is 2. The number of sulfone groups is 1. The van der Waals surface area contributed by atoms with Gasteiger partial charge in [-0.2, -0.15) is 5.10 Å². The number of nitrogens with zero attached hydrogens (tertiary/aromatic N) is 2. The maximum atomic E-state index is 12.1. The lowest BCUT2D eigenvalue weighted by Gasteiger charge is -2.12. The van der Waals surface area contributed by atoms with Crippen LogP contribution in [0.2, 0.25) is 0 Å². The second-order valence-corrected chi connectivity index (χ2v) is 10.8. The highest BCUT2D eigenvalue weighted by Crippen LogP contribution is 2.36. The van der Waals surface area contributed by atoms with Crippen LogP contribution >= 0.6 is 0 Å². The van der Waals surface area contributed by atoms with Gasteiger partial charge in [0.2, 0.25) is 0 Å². The first-order valence-electron chi connectivity index (χ1n) is 11.0. The largest absolute Gasteiger partial charge is 0.514 e. The van der Waals surface area contributed by atoms with Crippen molar-refractivity contribution in [3.63, 3.8) is 0 Å². The molecule has 0 bridgehead atoms. The van der Waals surface area contributed by atoms with E-state index < -0.39 is 20.9 Å². The van der Waals surface area contributed by atoms with Crippen LogP contribution in [0.1, 0.15) is 42.0 Å². The molecule has 12 heteroatoms. The minimum absolute atomic E-state index is 0.0553. The minimum atomic E-state index is -3.06. The standard InChI is InChI=1S/C23H22N4O7S/c28-23(33-19-7-4-18(5-8-19)27(29)30)34-20-6-2-14(10-20)21-11-22(26-25-21)24-17-3-1-15-12-35(31,32)13-16(15)9-17/h1,3-5,7-9,11,14,20H,2,6,10,12-13H2,(H2,24,25,26)/t14-,20+/m0/s1. The number of anilines is 2. The molecule has 0 amide bonds. The molecular weight excluding hydrogens is 476 g/mol. The topological polar surface area (TPSA) is 154 Å². The maximum absolute atomic E-state index is 12.1. The number of non-ortho nitro benzene ring substituents is 1. The fraction of sp³-hybridized carbons (Fsp3) is 0.304. The van der Waals surface area contributed by atoms with Gasteiger partial charge in [0.25, 0.3) is 5.69 Å². The summed E-state index contributed by atoms with van der Waals surface area (Å²) >= 11 is 0. The maximum Gasteiger partial charge on any atom is 0.514 e. The van der Waals surface area contributed by atoms with Crippen LogP contribution in [-0.4, -0.2) is 35.8 Å². The summed E-state index contributed by atoms with van der Waals surface area (Å²) in [6.07, 6.45) is 0.904. The third-order valence-corrected chi connectivity index (χ3v) is 7.66. The molecule has 2 aliphatic rings. The van der Waals surface area contributed by atoms with Crippen molar-refractivity contribution >= 4 is 33.2 Å². The molecule has 182 valence electrons. The van der Waals surface area contributed by atoms with Gasteiger partial charge in [-0.1, -0.05) is 6.07 Å². The van der Waals surface area contributed by atoms with Gasteiger partial charge in [0.15, 0.2) is 15.7 Å². The molecule has 2 N–H and O–H groups in total. The van der Waals surface area contributed by atoms with Crippen LogP contribution in [0.25, 0.3) is 0 Å². The van der Waals surface area contributed by atoms with Gasteiger partial charge >= 0.3 is 6.16 Å². The Labute approximate surface area is 200 Å². The van der Waals surface area contributed by atoms with Gasteiger partial charge in [0.1, 0.15) is 11.9 Å². The van der Waals surface area contributed by atoms with Crippen LogP contribution in [0.3, 0.4) is 0 Å². The van der Waals surface area contributed by atoms with E-state index in [1.54, 1.807) is 0 Å². The number of carbonyl (C=O) groups excluding carboxylic acids is 1. The molecule has 1 saturated carbocycles. The Morgan fingerprint density at radius 2 is 1.86 bits per heavy atom. The Morgan fingerprint density at radius 1 is 1.09 bits per heavy atom. The van der Waals surface area contributed by atoms with Gasteiger partial charge in [-0.15, -0.1) is 0 Å². The Kier molecular flexibility index (Phi) is 5.89. The van der Waals surface area contributed by atoms with Crippen molar-refractivity contribution in [2.24, 2.45) is 0 Å². The average Bonchev–Trinajstić information content (AvgIpc) is 3.51. The zero-order valence-electron chi connectivity index (χ0n) is 18.5. The van der Waals surface area contributed by atoms with E-state index in [0.29, 0.717) is 18.7 Å². The number of rotatable bonds is 6. The number of hydrogen-bond acceptors (Lipinski definition) is 9. The normalized spacial score (nSPS) is 20.2. The monoisotopic (exact) mass is 498 g/mol. The van der Waals surface area contributed by atoms with E-state index in [1.165, 1.54) is 24.3 Å². The van der Waals surface area contributed by atoms with Crippen molar-refractivity contribution in [1.82, 2.24) is 10.2 Å². The highest BCUT2D eigenvalue weighted by atomic mass is 32.2. The van der Waals surface area contributed by atoms with Gasteiger partial charge in [0.05, 0.1) is 16.4 Å². The first-order chi connectivity index (χ1) is 16.7. The van der Waals surface area contributed by atoms with Crippen LogP contribution in [0.4, 0.5) is 22.0 Å². The molecule has 11 nitrogen and oxygen atoms in total. The lowest BCUT2D eigenvalue weighted by atomic mass is 10.0. The summed E-state index contributed by atoms with van der Waals surface area (Å²) in [5.41, 5.74) is 3.22. The number of aromatic amines is 1. The fourth-order valence-electron chi connectivity index (χ4n) is 4.48. The number of aromatic nitrogens is 2. The van der Waals surface area contributed by atoms with Crippen LogP contribution in [0, 0.1) is 10.1 Å². The summed E-state index contributed by atoms with van der Waals surface area (Å²) in [6.45, 7) is 0. The van der Waals surface area contributed by atoms with E-state index in [-0.39, 0.29) is 35.0 Å². The molecule has 1 fully saturated rings. The van der Waals surface area contributed by atoms with E-state index in [0.717, 1.165) is 28.9 Å². The van der Waals surface area contributed by atoms with Gasteiger partial charge in [-0.05, 0) is 54.7 Å². The summed E-state index contributed by atoms with van der Waals surface area (Å²) in [4.78, 5) is 22.3. The number of carbonyl (C=O) groups is 1. The van der Waals surface area contributed by atoms with Crippen molar-refractivity contribution in [3.05, 3.63) is 75.5 Å². The Hall–Kier alpha value is -3.93. The van der Waals surface area contributed by atoms with Crippen LogP contribution in [-0.2, 0) is 26.1 Å². The van der Waals surface area contributed by atoms with Crippen molar-refractivity contribution in [2.75, 3.05) is 5.32 Å². The molecule has 0 saturated heterocycles. The molecule has 2 heterocycles. The number of nitro benzene ring substituents is 1. The van der Waals surface area contributed by atoms with E-state index in [2.05, 4.69) is 15.5 Å². The molecule has 1 aliphatic carbocycles. The predicted molar refractivity (Wildman–Crippen MR) is 125 cm³/mol. The molecule has 1 aliphatic heterocycles. The lowest BCUT2D eigenvalue weighted by molar-refractivity contribution is -0.384. The van der Waals surface area contributed by atoms with Gasteiger partial charge < -0.3 is 14.8 Å². The number of nitro groups is 1. The smallest absolute Gasteiger partial charge is 0.431 e. The van der Waals surface area contributed by atoms with Gasteiger partial charge in [0, 0.05) is 35.5 Å². The Bertz CT molecular complexity index is 1390. The first-order valence-corrected chi connectivity index (χ1v) is 12.8. The second kappa shape index (κ2) is 9.02. The van der Waals surface area contributed by atoms with Gasteiger partial charge in [-0.3, -0.25) is 15.2 Å². The molecule has 0 radical (unpaired) electrons. The third kappa shape index (κ3) is 5.27. The number of H-pyrrole nitrogens is 1. The minimum Gasteiger partial charge on any atom is -0.431 e. The molecule has 1 aromatic heterocycles. The van der Waals surface area contributed by atoms with Crippen molar-refractivity contribution in [1.29, 1.82) is 0 Å². The summed E-state index contributed by atoms with van der Waals surface area (Å²) in [6, 6.07) is 12.6. The fourth-order valence-corrected chi connectivity index (χ4v) is 6.08. The Morgan fingerprint density at radius 3 is 2.63 bits per heavy atom. The summed E-state index contributed by atoms with van der Waals surface area (Å²) < 4.78 is 34.2. The molecule has 3 aromatic rings. The average molecular weight is 499 g/mol. The van der Waals surface area contributed by atoms with E-state index >= 15 is 0 Å². The van der Waals surface area contributed by atoms with E-state index in [4.69, 9.17) is 9.47 Å². The van der Waals surface area contributed by atoms with Crippen molar-refractivity contribution in [2.45, 2.75) is 42.8 Å². The second-order valence-electron chi connectivity index (χ2n) is 8.70. The number of hydrogen-bond donors (Lipinski definition) is 2. The lowest BCUT2D eigenvalue weighted by Crippen LogP contribution is -2.18. The molecule has 5 rings (SSSR count). The third-order valence-electron chi connectivity index (χ3n) is 6.16. The number of benzene rings is 2. The SMILES string of the molecule is O=C(Oc1ccc([N+](=O)[O-])cc1)O[C@@H]1CC[C@H](c2cc(Nc3ccc4c(c3)CS(=O)(=O)C4)n[nH]2)C1.